The Morgan fingerprint density at radius 2 is 1.76 bits per heavy atom. The van der Waals surface area contributed by atoms with Crippen molar-refractivity contribution in [2.45, 2.75) is 19.2 Å². The summed E-state index contributed by atoms with van der Waals surface area (Å²) in [5, 5.41) is 2.77. The molecule has 0 aliphatic carbocycles. The van der Waals surface area contributed by atoms with Crippen LogP contribution in [0.15, 0.2) is 54.4 Å². The summed E-state index contributed by atoms with van der Waals surface area (Å²) < 4.78 is 45.2. The van der Waals surface area contributed by atoms with Gasteiger partial charge in [-0.3, -0.25) is 4.79 Å². The quantitative estimate of drug-likeness (QED) is 0.902. The van der Waals surface area contributed by atoms with Gasteiger partial charge in [-0.05, 0) is 24.1 Å². The lowest BCUT2D eigenvalue weighted by Gasteiger charge is -2.12. The lowest BCUT2D eigenvalue weighted by Crippen LogP contribution is -2.11. The number of carbonyl (C=O) groups excluding carboxylic acids is 1. The number of carbonyl (C=O) groups is 1. The second-order valence-corrected chi connectivity index (χ2v) is 5.75. The fourth-order valence-electron chi connectivity index (χ4n) is 2.86. The molecule has 130 valence electrons. The SMILES string of the molecule is CNC1=C(c2ccc(C)c(C(F)(F)F)c2)C(=O)C(c2ccccc2)O1. The molecular formula is C19H16F3NO2. The van der Waals surface area contributed by atoms with E-state index >= 15 is 0 Å². The molecule has 1 aliphatic rings. The van der Waals surface area contributed by atoms with Gasteiger partial charge in [0.05, 0.1) is 11.1 Å². The first kappa shape index (κ1) is 17.1. The van der Waals surface area contributed by atoms with E-state index in [0.717, 1.165) is 6.07 Å². The monoisotopic (exact) mass is 347 g/mol. The zero-order valence-electron chi connectivity index (χ0n) is 13.6. The van der Waals surface area contributed by atoms with E-state index < -0.39 is 17.8 Å². The highest BCUT2D eigenvalue weighted by atomic mass is 19.4. The molecule has 3 rings (SSSR count). The van der Waals surface area contributed by atoms with Gasteiger partial charge in [-0.25, -0.2) is 0 Å². The Morgan fingerprint density at radius 3 is 2.36 bits per heavy atom. The first-order chi connectivity index (χ1) is 11.8. The van der Waals surface area contributed by atoms with Gasteiger partial charge in [0.15, 0.2) is 12.0 Å². The number of hydrogen-bond donors (Lipinski definition) is 1. The number of halogens is 3. The predicted octanol–water partition coefficient (Wildman–Crippen LogP) is 4.24. The van der Waals surface area contributed by atoms with Crippen LogP contribution in [0.5, 0.6) is 0 Å². The molecule has 0 fully saturated rings. The van der Waals surface area contributed by atoms with Crippen molar-refractivity contribution < 1.29 is 22.7 Å². The number of hydrogen-bond acceptors (Lipinski definition) is 3. The smallest absolute Gasteiger partial charge is 0.416 e. The summed E-state index contributed by atoms with van der Waals surface area (Å²) in [6.45, 7) is 1.39. The zero-order chi connectivity index (χ0) is 18.2. The Kier molecular flexibility index (Phi) is 4.29. The molecule has 0 amide bonds. The van der Waals surface area contributed by atoms with Gasteiger partial charge in [0, 0.05) is 12.6 Å². The minimum atomic E-state index is -4.48. The highest BCUT2D eigenvalue weighted by Gasteiger charge is 2.38. The van der Waals surface area contributed by atoms with Crippen LogP contribution < -0.4 is 5.32 Å². The van der Waals surface area contributed by atoms with Crippen LogP contribution in [0.25, 0.3) is 5.57 Å². The second kappa shape index (κ2) is 6.27. The number of alkyl halides is 3. The summed E-state index contributed by atoms with van der Waals surface area (Å²) in [4.78, 5) is 12.8. The molecule has 0 spiro atoms. The number of ketones is 1. The number of ether oxygens (including phenoxy) is 1. The van der Waals surface area contributed by atoms with Crippen LogP contribution in [0.2, 0.25) is 0 Å². The first-order valence-electron chi connectivity index (χ1n) is 7.69. The molecule has 0 saturated carbocycles. The molecule has 2 aromatic rings. The van der Waals surface area contributed by atoms with Crippen molar-refractivity contribution in [2.24, 2.45) is 0 Å². The van der Waals surface area contributed by atoms with Crippen molar-refractivity contribution in [1.82, 2.24) is 5.32 Å². The molecule has 1 N–H and O–H groups in total. The Balaban J connectivity index is 2.05. The zero-order valence-corrected chi connectivity index (χ0v) is 13.6. The summed E-state index contributed by atoms with van der Waals surface area (Å²) in [6.07, 6.45) is -5.35. The van der Waals surface area contributed by atoms with E-state index in [4.69, 9.17) is 4.74 Å². The largest absolute Gasteiger partial charge is 0.462 e. The van der Waals surface area contributed by atoms with Crippen molar-refractivity contribution in [3.63, 3.8) is 0 Å². The third-order valence-corrected chi connectivity index (χ3v) is 4.11. The fraction of sp³-hybridized carbons (Fsp3) is 0.211. The van der Waals surface area contributed by atoms with Crippen LogP contribution in [0, 0.1) is 6.92 Å². The third-order valence-electron chi connectivity index (χ3n) is 4.11. The van der Waals surface area contributed by atoms with Crippen LogP contribution in [-0.4, -0.2) is 12.8 Å². The van der Waals surface area contributed by atoms with E-state index in [1.165, 1.54) is 19.1 Å². The molecule has 25 heavy (non-hydrogen) atoms. The second-order valence-electron chi connectivity index (χ2n) is 5.75. The topological polar surface area (TPSA) is 38.3 Å². The summed E-state index contributed by atoms with van der Waals surface area (Å²) in [7, 11) is 1.56. The van der Waals surface area contributed by atoms with Crippen molar-refractivity contribution in [3.05, 3.63) is 76.7 Å². The average Bonchev–Trinajstić information content (AvgIpc) is 2.92. The lowest BCUT2D eigenvalue weighted by atomic mass is 9.94. The van der Waals surface area contributed by atoms with Crippen molar-refractivity contribution in [3.8, 4) is 0 Å². The number of rotatable bonds is 3. The van der Waals surface area contributed by atoms with E-state index in [0.29, 0.717) is 5.56 Å². The van der Waals surface area contributed by atoms with E-state index in [9.17, 15) is 18.0 Å². The third kappa shape index (κ3) is 3.12. The van der Waals surface area contributed by atoms with Gasteiger partial charge in [-0.15, -0.1) is 0 Å². The summed E-state index contributed by atoms with van der Waals surface area (Å²) in [5.41, 5.74) is 0.309. The minimum Gasteiger partial charge on any atom is -0.462 e. The number of Topliss-reactive ketones (excluding diaryl/α,β-unsaturated/α-hetero) is 1. The maximum Gasteiger partial charge on any atom is 0.416 e. The molecule has 1 atom stereocenters. The van der Waals surface area contributed by atoms with Gasteiger partial charge >= 0.3 is 6.18 Å². The highest BCUT2D eigenvalue weighted by Crippen LogP contribution is 2.39. The van der Waals surface area contributed by atoms with Gasteiger partial charge in [-0.1, -0.05) is 42.5 Å². The van der Waals surface area contributed by atoms with E-state index in [1.54, 1.807) is 31.3 Å². The van der Waals surface area contributed by atoms with Gasteiger partial charge in [0.1, 0.15) is 0 Å². The Labute approximate surface area is 143 Å². The maximum atomic E-state index is 13.2. The summed E-state index contributed by atoms with van der Waals surface area (Å²) in [6, 6.07) is 12.7. The molecule has 6 heteroatoms. The molecular weight excluding hydrogens is 331 g/mol. The molecule has 1 heterocycles. The van der Waals surface area contributed by atoms with Crippen LogP contribution >= 0.6 is 0 Å². The minimum absolute atomic E-state index is 0.105. The van der Waals surface area contributed by atoms with Crippen LogP contribution in [-0.2, 0) is 15.7 Å². The van der Waals surface area contributed by atoms with Crippen molar-refractivity contribution in [2.75, 3.05) is 7.05 Å². The molecule has 0 aromatic heterocycles. The van der Waals surface area contributed by atoms with Gasteiger partial charge in [0.2, 0.25) is 5.78 Å². The Morgan fingerprint density at radius 1 is 1.08 bits per heavy atom. The molecule has 0 radical (unpaired) electrons. The van der Waals surface area contributed by atoms with Crippen LogP contribution in [0.3, 0.4) is 0 Å². The van der Waals surface area contributed by atoms with Crippen LogP contribution in [0.1, 0.15) is 28.4 Å². The standard InChI is InChI=1S/C19H16F3NO2/c1-11-8-9-13(10-14(11)19(20,21)22)15-16(24)17(25-18(15)23-2)12-6-4-3-5-7-12/h3-10,17,23H,1-2H3. The molecule has 1 unspecified atom stereocenters. The number of nitrogens with one attached hydrogen (secondary N) is 1. The summed E-state index contributed by atoms with van der Waals surface area (Å²) >= 11 is 0. The van der Waals surface area contributed by atoms with Gasteiger partial charge in [0.25, 0.3) is 0 Å². The van der Waals surface area contributed by atoms with Crippen molar-refractivity contribution in [1.29, 1.82) is 0 Å². The Bertz CT molecular complexity index is 841. The fourth-order valence-corrected chi connectivity index (χ4v) is 2.86. The highest BCUT2D eigenvalue weighted by molar-refractivity contribution is 6.25. The summed E-state index contributed by atoms with van der Waals surface area (Å²) in [5.74, 6) is -0.191. The van der Waals surface area contributed by atoms with E-state index in [1.807, 2.05) is 6.07 Å². The average molecular weight is 347 g/mol. The molecule has 3 nitrogen and oxygen atoms in total. The van der Waals surface area contributed by atoms with Crippen molar-refractivity contribution >= 4 is 11.4 Å². The van der Waals surface area contributed by atoms with E-state index in [-0.39, 0.29) is 28.4 Å². The predicted molar refractivity (Wildman–Crippen MR) is 87.4 cm³/mol. The Hall–Kier alpha value is -2.76. The van der Waals surface area contributed by atoms with Gasteiger partial charge < -0.3 is 10.1 Å². The first-order valence-corrected chi connectivity index (χ1v) is 7.69. The normalized spacial score (nSPS) is 17.6. The molecule has 1 aliphatic heterocycles. The lowest BCUT2D eigenvalue weighted by molar-refractivity contribution is -0.138. The number of benzene rings is 2. The van der Waals surface area contributed by atoms with Crippen LogP contribution in [0.4, 0.5) is 13.2 Å². The maximum absolute atomic E-state index is 13.2. The number of aryl methyl sites for hydroxylation is 1. The van der Waals surface area contributed by atoms with Gasteiger partial charge in [-0.2, -0.15) is 13.2 Å². The molecule has 0 bridgehead atoms. The van der Waals surface area contributed by atoms with E-state index in [2.05, 4.69) is 5.32 Å². The molecule has 2 aromatic carbocycles. The molecule has 0 saturated heterocycles.